The van der Waals surface area contributed by atoms with Crippen molar-refractivity contribution in [1.29, 1.82) is 0 Å². The number of hydrogen-bond donors (Lipinski definition) is 0. The molecule has 0 aliphatic carbocycles. The maximum atomic E-state index is 2.45. The molecule has 0 radical (unpaired) electrons. The van der Waals surface area contributed by atoms with Crippen LogP contribution in [-0.4, -0.2) is 4.57 Å². The summed E-state index contributed by atoms with van der Waals surface area (Å²) in [7, 11) is 0. The van der Waals surface area contributed by atoms with Crippen LogP contribution in [-0.2, 0) is 0 Å². The van der Waals surface area contributed by atoms with E-state index in [2.05, 4.69) is 253 Å². The van der Waals surface area contributed by atoms with Gasteiger partial charge in [0.05, 0.1) is 11.0 Å². The number of nitrogens with zero attached hydrogens (tertiary/aromatic N) is 1. The molecule has 0 fully saturated rings. The molecule has 0 aliphatic heterocycles. The van der Waals surface area contributed by atoms with E-state index in [1.54, 1.807) is 0 Å². The first kappa shape index (κ1) is 37.1. The molecule has 0 amide bonds. The first-order valence-corrected chi connectivity index (χ1v) is 22.5. The van der Waals surface area contributed by atoms with Gasteiger partial charge in [-0.1, -0.05) is 224 Å². The molecular formula is C64H41N. The van der Waals surface area contributed by atoms with Crippen molar-refractivity contribution in [2.75, 3.05) is 0 Å². The van der Waals surface area contributed by atoms with Gasteiger partial charge in [-0.05, 0) is 123 Å². The van der Waals surface area contributed by atoms with Crippen LogP contribution in [0.15, 0.2) is 249 Å². The smallest absolute Gasteiger partial charge is 0.0553 e. The molecule has 1 nitrogen and oxygen atoms in total. The molecule has 65 heavy (non-hydrogen) atoms. The predicted octanol–water partition coefficient (Wildman–Crippen LogP) is 17.7. The molecule has 1 heterocycles. The average Bonchev–Trinajstić information content (AvgIpc) is 3.73. The fourth-order valence-electron chi connectivity index (χ4n) is 10.6. The van der Waals surface area contributed by atoms with E-state index in [1.807, 2.05) is 0 Å². The monoisotopic (exact) mass is 823 g/mol. The Hall–Kier alpha value is -8.52. The first-order chi connectivity index (χ1) is 32.3. The molecule has 0 atom stereocenters. The van der Waals surface area contributed by atoms with Crippen LogP contribution in [0.1, 0.15) is 0 Å². The molecule has 0 aliphatic rings. The summed E-state index contributed by atoms with van der Waals surface area (Å²) in [6.07, 6.45) is 0. The molecule has 302 valence electrons. The molecule has 1 aromatic heterocycles. The number of rotatable bonds is 6. The van der Waals surface area contributed by atoms with Crippen molar-refractivity contribution in [1.82, 2.24) is 4.57 Å². The van der Waals surface area contributed by atoms with E-state index in [0.29, 0.717) is 0 Å². The van der Waals surface area contributed by atoms with Gasteiger partial charge in [-0.3, -0.25) is 0 Å². The van der Waals surface area contributed by atoms with Crippen LogP contribution >= 0.6 is 0 Å². The van der Waals surface area contributed by atoms with Crippen molar-refractivity contribution in [2.24, 2.45) is 0 Å². The minimum atomic E-state index is 1.16. The summed E-state index contributed by atoms with van der Waals surface area (Å²) in [4.78, 5) is 0. The largest absolute Gasteiger partial charge is 0.309 e. The van der Waals surface area contributed by atoms with Crippen LogP contribution in [0, 0.1) is 0 Å². The molecule has 0 bridgehead atoms. The zero-order chi connectivity index (χ0) is 42.8. The molecule has 1 heteroatoms. The minimum absolute atomic E-state index is 1.16. The number of hydrogen-bond acceptors (Lipinski definition) is 0. The van der Waals surface area contributed by atoms with Gasteiger partial charge >= 0.3 is 0 Å². The highest BCUT2D eigenvalue weighted by atomic mass is 15.0. The third-order valence-electron chi connectivity index (χ3n) is 13.6. The van der Waals surface area contributed by atoms with E-state index in [1.165, 1.54) is 121 Å². The van der Waals surface area contributed by atoms with Crippen molar-refractivity contribution in [3.05, 3.63) is 249 Å². The maximum absolute atomic E-state index is 2.45. The first-order valence-electron chi connectivity index (χ1n) is 22.5. The van der Waals surface area contributed by atoms with Crippen LogP contribution in [0.5, 0.6) is 0 Å². The van der Waals surface area contributed by atoms with Crippen LogP contribution in [0.25, 0.3) is 126 Å². The fourth-order valence-corrected chi connectivity index (χ4v) is 10.6. The number of para-hydroxylation sites is 1. The highest BCUT2D eigenvalue weighted by molar-refractivity contribution is 6.30. The van der Waals surface area contributed by atoms with Crippen molar-refractivity contribution in [3.8, 4) is 61.3 Å². The van der Waals surface area contributed by atoms with E-state index in [0.717, 1.165) is 5.69 Å². The Balaban J connectivity index is 0.853. The minimum Gasteiger partial charge on any atom is -0.309 e. The van der Waals surface area contributed by atoms with Crippen LogP contribution in [0.2, 0.25) is 0 Å². The third kappa shape index (κ3) is 6.01. The quantitative estimate of drug-likeness (QED) is 0.147. The Kier molecular flexibility index (Phi) is 8.60. The normalized spacial score (nSPS) is 11.7. The zero-order valence-electron chi connectivity index (χ0n) is 35.6. The van der Waals surface area contributed by atoms with Gasteiger partial charge in [0, 0.05) is 16.5 Å². The van der Waals surface area contributed by atoms with Crippen molar-refractivity contribution >= 4 is 64.9 Å². The number of fused-ring (bicyclic) bond motifs is 9. The molecule has 0 N–H and O–H groups in total. The van der Waals surface area contributed by atoms with Gasteiger partial charge < -0.3 is 4.57 Å². The maximum Gasteiger partial charge on any atom is 0.0553 e. The summed E-state index contributed by atoms with van der Waals surface area (Å²) < 4.78 is 2.45. The fraction of sp³-hybridized carbons (Fsp3) is 0. The van der Waals surface area contributed by atoms with Gasteiger partial charge in [0.15, 0.2) is 0 Å². The Morgan fingerprint density at radius 2 is 0.615 bits per heavy atom. The van der Waals surface area contributed by atoms with Crippen molar-refractivity contribution < 1.29 is 0 Å². The molecule has 0 spiro atoms. The average molecular weight is 824 g/mol. The second-order valence-corrected chi connectivity index (χ2v) is 17.2. The summed E-state index contributed by atoms with van der Waals surface area (Å²) in [6, 6.07) is 91.3. The summed E-state index contributed by atoms with van der Waals surface area (Å²) >= 11 is 0. The third-order valence-corrected chi connectivity index (χ3v) is 13.6. The molecule has 0 saturated carbocycles. The van der Waals surface area contributed by atoms with Gasteiger partial charge in [0.25, 0.3) is 0 Å². The Morgan fingerprint density at radius 1 is 0.231 bits per heavy atom. The lowest BCUT2D eigenvalue weighted by atomic mass is 9.86. The predicted molar refractivity (Wildman–Crippen MR) is 278 cm³/mol. The lowest BCUT2D eigenvalue weighted by molar-refractivity contribution is 1.18. The van der Waals surface area contributed by atoms with Gasteiger partial charge in [-0.25, -0.2) is 0 Å². The molecule has 13 rings (SSSR count). The van der Waals surface area contributed by atoms with E-state index in [4.69, 9.17) is 0 Å². The lowest BCUT2D eigenvalue weighted by Crippen LogP contribution is -1.94. The second kappa shape index (κ2) is 15.1. The summed E-state index contributed by atoms with van der Waals surface area (Å²) in [6.45, 7) is 0. The Bertz CT molecular complexity index is 3880. The SMILES string of the molecule is c1ccc(-c2c3ccccc3c(-c3ccc(-c4ccc(-c5ccc(-c6cc7c(c8ccccc68)c6c8ccccc8ccc6n7-c6ccccc6)cc5)cc4)cc3)c3ccccc23)cc1. The number of benzene rings is 12. The summed E-state index contributed by atoms with van der Waals surface area (Å²) in [5, 5.41) is 12.7. The van der Waals surface area contributed by atoms with Gasteiger partial charge in [-0.2, -0.15) is 0 Å². The van der Waals surface area contributed by atoms with E-state index in [9.17, 15) is 0 Å². The zero-order valence-corrected chi connectivity index (χ0v) is 35.6. The molecule has 12 aromatic carbocycles. The standard InChI is InChI=1S/C64H41N/c1-3-16-48(17-4-1)61-54-23-11-13-25-56(54)62(57-26-14-12-24-55(57)61)49-37-33-45(34-38-49)43-29-27-42(28-30-43)44-31-35-47(36-32-44)58-41-60-64(53-22-10-9-21-52(53)58)63-51-20-8-7-15-46(51)39-40-59(63)65(60)50-18-5-2-6-19-50/h1-41H. The highest BCUT2D eigenvalue weighted by Gasteiger charge is 2.20. The molecule has 0 unspecified atom stereocenters. The molecule has 13 aromatic rings. The van der Waals surface area contributed by atoms with Gasteiger partial charge in [0.2, 0.25) is 0 Å². The van der Waals surface area contributed by atoms with Crippen LogP contribution in [0.3, 0.4) is 0 Å². The topological polar surface area (TPSA) is 4.93 Å². The molecular weight excluding hydrogens is 783 g/mol. The Labute approximate surface area is 377 Å². The van der Waals surface area contributed by atoms with Crippen molar-refractivity contribution in [3.63, 3.8) is 0 Å². The van der Waals surface area contributed by atoms with Crippen molar-refractivity contribution in [2.45, 2.75) is 0 Å². The van der Waals surface area contributed by atoms with E-state index >= 15 is 0 Å². The van der Waals surface area contributed by atoms with Gasteiger partial charge in [-0.15, -0.1) is 0 Å². The van der Waals surface area contributed by atoms with Gasteiger partial charge in [0.1, 0.15) is 0 Å². The summed E-state index contributed by atoms with van der Waals surface area (Å²) in [5.74, 6) is 0. The lowest BCUT2D eigenvalue weighted by Gasteiger charge is -2.18. The second-order valence-electron chi connectivity index (χ2n) is 17.2. The number of aromatic nitrogens is 1. The van der Waals surface area contributed by atoms with Crippen LogP contribution < -0.4 is 0 Å². The van der Waals surface area contributed by atoms with E-state index < -0.39 is 0 Å². The van der Waals surface area contributed by atoms with Crippen LogP contribution in [0.4, 0.5) is 0 Å². The Morgan fingerprint density at radius 3 is 1.15 bits per heavy atom. The van der Waals surface area contributed by atoms with E-state index in [-0.39, 0.29) is 0 Å². The highest BCUT2D eigenvalue weighted by Crippen LogP contribution is 2.46. The summed E-state index contributed by atoms with van der Waals surface area (Å²) in [5.41, 5.74) is 15.9. The molecule has 0 saturated heterocycles.